The largest absolute Gasteiger partial charge is 0.506 e. The minimum Gasteiger partial charge on any atom is -0.506 e. The zero-order chi connectivity index (χ0) is 19.3. The van der Waals surface area contributed by atoms with Gasteiger partial charge in [-0.05, 0) is 38.3 Å². The lowest BCUT2D eigenvalue weighted by atomic mass is 9.95. The first-order valence-electron chi connectivity index (χ1n) is 8.76. The van der Waals surface area contributed by atoms with Gasteiger partial charge < -0.3 is 24.1 Å². The predicted octanol–water partition coefficient (Wildman–Crippen LogP) is 4.65. The van der Waals surface area contributed by atoms with Crippen LogP contribution in [0.15, 0.2) is 27.4 Å². The molecule has 2 N–H and O–H groups in total. The predicted molar refractivity (Wildman–Crippen MR) is 102 cm³/mol. The number of fused-ring (bicyclic) bond motifs is 2. The van der Waals surface area contributed by atoms with Crippen molar-refractivity contribution in [3.8, 4) is 17.2 Å². The van der Waals surface area contributed by atoms with E-state index in [2.05, 4.69) is 0 Å². The van der Waals surface area contributed by atoms with Gasteiger partial charge in [0.25, 0.3) is 0 Å². The second-order valence-corrected chi connectivity index (χ2v) is 7.14. The van der Waals surface area contributed by atoms with Crippen LogP contribution in [0.3, 0.4) is 0 Å². The lowest BCUT2D eigenvalue weighted by molar-refractivity contribution is -0.0431. The average Bonchev–Trinajstić information content (AvgIpc) is 2.65. The van der Waals surface area contributed by atoms with Gasteiger partial charge in [0.05, 0.1) is 24.9 Å². The third kappa shape index (κ3) is 2.71. The molecule has 0 amide bonds. The Morgan fingerprint density at radius 3 is 2.67 bits per heavy atom. The number of benzene rings is 2. The van der Waals surface area contributed by atoms with Gasteiger partial charge in [-0.15, -0.1) is 0 Å². The Morgan fingerprint density at radius 2 is 1.96 bits per heavy atom. The van der Waals surface area contributed by atoms with Crippen LogP contribution in [0, 0.1) is 0 Å². The molecule has 2 aromatic carbocycles. The molecule has 0 radical (unpaired) electrons. The first-order valence-corrected chi connectivity index (χ1v) is 9.14. The molecule has 2 heterocycles. The van der Waals surface area contributed by atoms with Crippen LogP contribution in [-0.2, 0) is 4.74 Å². The summed E-state index contributed by atoms with van der Waals surface area (Å²) in [5, 5.41) is 21.5. The highest BCUT2D eigenvalue weighted by Gasteiger charge is 2.31. The fourth-order valence-electron chi connectivity index (χ4n) is 3.75. The monoisotopic (exact) mass is 390 g/mol. The summed E-state index contributed by atoms with van der Waals surface area (Å²) in [5.41, 5.74) is -0.165. The molecule has 27 heavy (non-hydrogen) atoms. The number of methoxy groups -OCH3 is 1. The van der Waals surface area contributed by atoms with Crippen LogP contribution in [0.4, 0.5) is 0 Å². The number of phenols is 2. The van der Waals surface area contributed by atoms with Crippen molar-refractivity contribution in [2.45, 2.75) is 38.4 Å². The number of ether oxygens (including phenoxy) is 2. The molecule has 0 spiro atoms. The van der Waals surface area contributed by atoms with Crippen LogP contribution in [0.25, 0.3) is 21.9 Å². The molecule has 1 aliphatic rings. The Labute approximate surface area is 159 Å². The van der Waals surface area contributed by atoms with Crippen LogP contribution in [0.2, 0.25) is 5.02 Å². The van der Waals surface area contributed by atoms with Crippen LogP contribution in [0.5, 0.6) is 17.2 Å². The first kappa shape index (κ1) is 17.9. The van der Waals surface area contributed by atoms with Crippen molar-refractivity contribution < 1.29 is 24.1 Å². The van der Waals surface area contributed by atoms with Gasteiger partial charge >= 0.3 is 0 Å². The Kier molecular flexibility index (Phi) is 4.40. The van der Waals surface area contributed by atoms with Gasteiger partial charge in [-0.1, -0.05) is 17.7 Å². The van der Waals surface area contributed by atoms with Gasteiger partial charge in [-0.2, -0.15) is 0 Å². The van der Waals surface area contributed by atoms with Crippen molar-refractivity contribution in [3.05, 3.63) is 39.0 Å². The molecule has 0 saturated carbocycles. The van der Waals surface area contributed by atoms with E-state index in [0.717, 1.165) is 12.8 Å². The molecule has 1 aliphatic heterocycles. The van der Waals surface area contributed by atoms with Gasteiger partial charge in [0.1, 0.15) is 38.6 Å². The van der Waals surface area contributed by atoms with Crippen molar-refractivity contribution in [3.63, 3.8) is 0 Å². The molecule has 142 valence electrons. The van der Waals surface area contributed by atoms with E-state index in [4.69, 9.17) is 25.5 Å². The summed E-state index contributed by atoms with van der Waals surface area (Å²) < 4.78 is 16.9. The Hall–Kier alpha value is -2.44. The Morgan fingerprint density at radius 1 is 1.19 bits per heavy atom. The molecule has 1 saturated heterocycles. The maximum Gasteiger partial charge on any atom is 0.208 e. The van der Waals surface area contributed by atoms with E-state index >= 15 is 0 Å². The summed E-state index contributed by atoms with van der Waals surface area (Å²) in [6.45, 7) is 1.93. The molecule has 3 aromatic rings. The third-order valence-electron chi connectivity index (χ3n) is 5.05. The first-order chi connectivity index (χ1) is 12.9. The van der Waals surface area contributed by atoms with E-state index in [9.17, 15) is 15.0 Å². The van der Waals surface area contributed by atoms with Gasteiger partial charge in [-0.25, -0.2) is 0 Å². The highest BCUT2D eigenvalue weighted by atomic mass is 35.5. The Balaban J connectivity index is 2.09. The highest BCUT2D eigenvalue weighted by molar-refractivity contribution is 6.37. The third-order valence-corrected chi connectivity index (χ3v) is 5.40. The summed E-state index contributed by atoms with van der Waals surface area (Å²) in [6, 6.07) is 4.91. The van der Waals surface area contributed by atoms with E-state index in [-0.39, 0.29) is 50.1 Å². The zero-order valence-electron chi connectivity index (χ0n) is 14.9. The van der Waals surface area contributed by atoms with Crippen molar-refractivity contribution in [2.24, 2.45) is 0 Å². The number of aromatic hydroxyl groups is 2. The summed E-state index contributed by atoms with van der Waals surface area (Å²) in [5.74, 6) is -0.366. The molecule has 1 aromatic heterocycles. The normalized spacial score (nSPS) is 20.3. The van der Waals surface area contributed by atoms with E-state index in [1.165, 1.54) is 7.11 Å². The summed E-state index contributed by atoms with van der Waals surface area (Å²) in [7, 11) is 1.45. The second-order valence-electron chi connectivity index (χ2n) is 6.76. The molecular formula is C20H19ClO6. The minimum absolute atomic E-state index is 0.0230. The van der Waals surface area contributed by atoms with Crippen LogP contribution in [0.1, 0.15) is 37.9 Å². The summed E-state index contributed by atoms with van der Waals surface area (Å²) in [6.07, 6.45) is 1.80. The molecule has 6 nitrogen and oxygen atoms in total. The van der Waals surface area contributed by atoms with E-state index in [1.807, 2.05) is 6.92 Å². The average molecular weight is 391 g/mol. The lowest BCUT2D eigenvalue weighted by Gasteiger charge is -2.29. The second kappa shape index (κ2) is 6.62. The molecule has 2 atom stereocenters. The number of phenolic OH excluding ortho intramolecular Hbond substituents is 2. The smallest absolute Gasteiger partial charge is 0.208 e. The maximum absolute atomic E-state index is 13.2. The van der Waals surface area contributed by atoms with E-state index in [1.54, 1.807) is 18.2 Å². The fourth-order valence-corrected chi connectivity index (χ4v) is 3.98. The van der Waals surface area contributed by atoms with Gasteiger partial charge in [0, 0.05) is 0 Å². The number of hydrogen-bond acceptors (Lipinski definition) is 6. The minimum atomic E-state index is -0.552. The van der Waals surface area contributed by atoms with Gasteiger partial charge in [0.15, 0.2) is 5.58 Å². The molecule has 0 unspecified atom stereocenters. The van der Waals surface area contributed by atoms with Crippen LogP contribution in [-0.4, -0.2) is 23.4 Å². The number of halogens is 1. The van der Waals surface area contributed by atoms with Crippen molar-refractivity contribution in [1.82, 2.24) is 0 Å². The van der Waals surface area contributed by atoms with Gasteiger partial charge in [0.2, 0.25) is 5.43 Å². The molecule has 1 fully saturated rings. The zero-order valence-corrected chi connectivity index (χ0v) is 15.7. The van der Waals surface area contributed by atoms with Crippen molar-refractivity contribution in [1.29, 1.82) is 0 Å². The van der Waals surface area contributed by atoms with E-state index in [0.29, 0.717) is 12.2 Å². The number of rotatable bonds is 2. The number of hydrogen-bond donors (Lipinski definition) is 2. The standard InChI is InChI=1S/C20H19ClO6/c1-9-5-3-7-12(26-9)14-18(23)15-17(22)13-10(25-2)6-4-8-11(13)27-20(15)16(21)19(14)24/h4,6,8-9,12,23-24H,3,5,7H2,1-2H3/t9-,12-/m1/s1. The molecule has 7 heteroatoms. The van der Waals surface area contributed by atoms with Crippen LogP contribution < -0.4 is 10.2 Å². The van der Waals surface area contributed by atoms with Crippen molar-refractivity contribution >= 4 is 33.5 Å². The van der Waals surface area contributed by atoms with E-state index < -0.39 is 11.5 Å². The SMILES string of the molecule is COc1cccc2oc3c(Cl)c(O)c([C@H]4CCC[C@@H](C)O4)c(O)c3c(=O)c12. The molecule has 0 bridgehead atoms. The summed E-state index contributed by atoms with van der Waals surface area (Å²) >= 11 is 6.32. The van der Waals surface area contributed by atoms with Crippen LogP contribution >= 0.6 is 11.6 Å². The highest BCUT2D eigenvalue weighted by Crippen LogP contribution is 2.48. The fraction of sp³-hybridized carbons (Fsp3) is 0.350. The maximum atomic E-state index is 13.2. The lowest BCUT2D eigenvalue weighted by Crippen LogP contribution is -2.20. The quantitative estimate of drug-likeness (QED) is 0.619. The summed E-state index contributed by atoms with van der Waals surface area (Å²) in [4.78, 5) is 13.2. The van der Waals surface area contributed by atoms with Crippen molar-refractivity contribution in [2.75, 3.05) is 7.11 Å². The Bertz CT molecular complexity index is 1100. The molecule has 0 aliphatic carbocycles. The van der Waals surface area contributed by atoms with Gasteiger partial charge in [-0.3, -0.25) is 4.79 Å². The molecular weight excluding hydrogens is 372 g/mol. The topological polar surface area (TPSA) is 89.1 Å². The molecule has 4 rings (SSSR count).